The number of nitrogens with zero attached hydrogens (tertiary/aromatic N) is 3. The van der Waals surface area contributed by atoms with Crippen LogP contribution in [0.1, 0.15) is 50.8 Å². The van der Waals surface area contributed by atoms with E-state index in [0.717, 1.165) is 23.5 Å². The van der Waals surface area contributed by atoms with Gasteiger partial charge in [-0.3, -0.25) is 0 Å². The number of alkyl halides is 1. The summed E-state index contributed by atoms with van der Waals surface area (Å²) >= 11 is 5.66. The second-order valence-corrected chi connectivity index (χ2v) is 7.49. The quantitative estimate of drug-likeness (QED) is 0.610. The SMILES string of the molecule is BrCC1(CSc2nnc3n2CCCCC3)CCCC1. The zero-order valence-corrected chi connectivity index (χ0v) is 13.8. The highest BCUT2D eigenvalue weighted by atomic mass is 79.9. The Morgan fingerprint density at radius 3 is 2.74 bits per heavy atom. The molecule has 3 nitrogen and oxygen atoms in total. The molecule has 0 spiro atoms. The normalized spacial score (nSPS) is 22.2. The molecule has 1 fully saturated rings. The van der Waals surface area contributed by atoms with Crippen molar-refractivity contribution < 1.29 is 0 Å². The van der Waals surface area contributed by atoms with E-state index >= 15 is 0 Å². The van der Waals surface area contributed by atoms with Crippen LogP contribution < -0.4 is 0 Å². The lowest BCUT2D eigenvalue weighted by atomic mass is 9.92. The Kier molecular flexibility index (Phi) is 4.52. The van der Waals surface area contributed by atoms with E-state index in [1.807, 2.05) is 11.8 Å². The molecule has 0 saturated heterocycles. The molecule has 0 unspecified atom stereocenters. The molecule has 1 saturated carbocycles. The largest absolute Gasteiger partial charge is 0.306 e. The molecular weight excluding hydrogens is 322 g/mol. The molecule has 1 aromatic rings. The molecule has 106 valence electrons. The molecule has 0 amide bonds. The van der Waals surface area contributed by atoms with Crippen molar-refractivity contribution in [2.45, 2.75) is 63.1 Å². The predicted molar refractivity (Wildman–Crippen MR) is 83.0 cm³/mol. The van der Waals surface area contributed by atoms with E-state index in [2.05, 4.69) is 30.7 Å². The van der Waals surface area contributed by atoms with Crippen LogP contribution in [-0.4, -0.2) is 25.8 Å². The fourth-order valence-corrected chi connectivity index (χ4v) is 5.52. The van der Waals surface area contributed by atoms with Crippen molar-refractivity contribution in [3.8, 4) is 0 Å². The van der Waals surface area contributed by atoms with Crippen molar-refractivity contribution in [2.24, 2.45) is 5.41 Å². The average molecular weight is 344 g/mol. The van der Waals surface area contributed by atoms with Crippen LogP contribution in [0.5, 0.6) is 0 Å². The molecule has 0 bridgehead atoms. The standard InChI is InChI=1S/C14H22BrN3S/c15-10-14(7-3-4-8-14)11-19-13-17-16-12-6-2-1-5-9-18(12)13/h1-11H2. The van der Waals surface area contributed by atoms with Crippen molar-refractivity contribution in [3.63, 3.8) is 0 Å². The fourth-order valence-electron chi connectivity index (χ4n) is 3.22. The summed E-state index contributed by atoms with van der Waals surface area (Å²) in [5.41, 5.74) is 0.502. The lowest BCUT2D eigenvalue weighted by Gasteiger charge is -2.25. The van der Waals surface area contributed by atoms with Crippen LogP contribution in [0, 0.1) is 5.41 Å². The Morgan fingerprint density at radius 2 is 1.95 bits per heavy atom. The number of hydrogen-bond acceptors (Lipinski definition) is 3. The monoisotopic (exact) mass is 343 g/mol. The van der Waals surface area contributed by atoms with Crippen molar-refractivity contribution in [3.05, 3.63) is 5.82 Å². The molecule has 5 heteroatoms. The van der Waals surface area contributed by atoms with Gasteiger partial charge in [0.25, 0.3) is 0 Å². The van der Waals surface area contributed by atoms with Gasteiger partial charge in [0.2, 0.25) is 0 Å². The third-order valence-corrected chi connectivity index (χ3v) is 7.04. The number of fused-ring (bicyclic) bond motifs is 1. The Morgan fingerprint density at radius 1 is 1.11 bits per heavy atom. The summed E-state index contributed by atoms with van der Waals surface area (Å²) in [5, 5.41) is 11.1. The van der Waals surface area contributed by atoms with E-state index in [-0.39, 0.29) is 0 Å². The first kappa shape index (κ1) is 13.9. The molecule has 2 aliphatic rings. The highest BCUT2D eigenvalue weighted by Gasteiger charge is 2.33. The third-order valence-electron chi connectivity index (χ3n) is 4.53. The third kappa shape index (κ3) is 3.02. The van der Waals surface area contributed by atoms with Gasteiger partial charge < -0.3 is 4.57 Å². The fraction of sp³-hybridized carbons (Fsp3) is 0.857. The van der Waals surface area contributed by atoms with Gasteiger partial charge in [0.1, 0.15) is 5.82 Å². The maximum atomic E-state index is 4.43. The van der Waals surface area contributed by atoms with Gasteiger partial charge in [0, 0.05) is 24.0 Å². The number of hydrogen-bond donors (Lipinski definition) is 0. The molecule has 0 atom stereocenters. The first-order chi connectivity index (χ1) is 9.33. The summed E-state index contributed by atoms with van der Waals surface area (Å²) in [6, 6.07) is 0. The maximum Gasteiger partial charge on any atom is 0.191 e. The Bertz CT molecular complexity index is 426. The predicted octanol–water partition coefficient (Wildman–Crippen LogP) is 4.05. The van der Waals surface area contributed by atoms with Crippen LogP contribution in [-0.2, 0) is 13.0 Å². The van der Waals surface area contributed by atoms with Crippen LogP contribution in [0.25, 0.3) is 0 Å². The topological polar surface area (TPSA) is 30.7 Å². The molecule has 1 aromatic heterocycles. The second-order valence-electron chi connectivity index (χ2n) is 5.99. The number of rotatable bonds is 4. The number of halogens is 1. The summed E-state index contributed by atoms with van der Waals surface area (Å²) in [5.74, 6) is 2.40. The highest BCUT2D eigenvalue weighted by Crippen LogP contribution is 2.43. The van der Waals surface area contributed by atoms with Crippen LogP contribution in [0.3, 0.4) is 0 Å². The van der Waals surface area contributed by atoms with E-state index in [4.69, 9.17) is 0 Å². The van der Waals surface area contributed by atoms with E-state index in [0.29, 0.717) is 5.41 Å². The van der Waals surface area contributed by atoms with Crippen molar-refractivity contribution in [1.29, 1.82) is 0 Å². The summed E-state index contributed by atoms with van der Waals surface area (Å²) in [4.78, 5) is 0. The van der Waals surface area contributed by atoms with Crippen LogP contribution in [0.4, 0.5) is 0 Å². The number of aryl methyl sites for hydroxylation is 1. The molecule has 1 aliphatic heterocycles. The average Bonchev–Trinajstić information content (AvgIpc) is 2.99. The Hall–Kier alpha value is -0.0300. The number of thioether (sulfide) groups is 1. The van der Waals surface area contributed by atoms with E-state index < -0.39 is 0 Å². The minimum Gasteiger partial charge on any atom is -0.306 e. The summed E-state index contributed by atoms with van der Waals surface area (Å²) in [6.07, 6.45) is 10.5. The van der Waals surface area contributed by atoms with Gasteiger partial charge in [-0.2, -0.15) is 0 Å². The van der Waals surface area contributed by atoms with Gasteiger partial charge in [-0.05, 0) is 31.1 Å². The first-order valence-corrected chi connectivity index (χ1v) is 9.55. The van der Waals surface area contributed by atoms with Crippen LogP contribution >= 0.6 is 27.7 Å². The van der Waals surface area contributed by atoms with Crippen LogP contribution in [0.2, 0.25) is 0 Å². The van der Waals surface area contributed by atoms with Crippen LogP contribution in [0.15, 0.2) is 5.16 Å². The highest BCUT2D eigenvalue weighted by molar-refractivity contribution is 9.09. The summed E-state index contributed by atoms with van der Waals surface area (Å²) in [7, 11) is 0. The minimum absolute atomic E-state index is 0.502. The number of aromatic nitrogens is 3. The van der Waals surface area contributed by atoms with E-state index in [1.165, 1.54) is 56.5 Å². The Balaban J connectivity index is 1.68. The van der Waals surface area contributed by atoms with Crippen molar-refractivity contribution in [2.75, 3.05) is 11.1 Å². The molecule has 0 radical (unpaired) electrons. The molecule has 3 rings (SSSR count). The summed E-state index contributed by atoms with van der Waals surface area (Å²) < 4.78 is 2.37. The molecule has 2 heterocycles. The van der Waals surface area contributed by atoms with Gasteiger partial charge in [0.15, 0.2) is 5.16 Å². The second kappa shape index (κ2) is 6.17. The lowest BCUT2D eigenvalue weighted by Crippen LogP contribution is -2.21. The zero-order chi connectivity index (χ0) is 13.1. The molecule has 0 N–H and O–H groups in total. The molecular formula is C14H22BrN3S. The van der Waals surface area contributed by atoms with Gasteiger partial charge in [-0.25, -0.2) is 0 Å². The van der Waals surface area contributed by atoms with Gasteiger partial charge in [0.05, 0.1) is 0 Å². The zero-order valence-electron chi connectivity index (χ0n) is 11.4. The van der Waals surface area contributed by atoms with Gasteiger partial charge >= 0.3 is 0 Å². The van der Waals surface area contributed by atoms with Crippen molar-refractivity contribution >= 4 is 27.7 Å². The van der Waals surface area contributed by atoms with E-state index in [1.54, 1.807) is 0 Å². The Labute approximate surface area is 128 Å². The molecule has 19 heavy (non-hydrogen) atoms. The summed E-state index contributed by atoms with van der Waals surface area (Å²) in [6.45, 7) is 1.12. The maximum absolute atomic E-state index is 4.43. The van der Waals surface area contributed by atoms with Gasteiger partial charge in [-0.1, -0.05) is 47.0 Å². The first-order valence-electron chi connectivity index (χ1n) is 7.44. The lowest BCUT2D eigenvalue weighted by molar-refractivity contribution is 0.404. The molecule has 1 aliphatic carbocycles. The van der Waals surface area contributed by atoms with E-state index in [9.17, 15) is 0 Å². The van der Waals surface area contributed by atoms with Crippen molar-refractivity contribution in [1.82, 2.24) is 14.8 Å². The smallest absolute Gasteiger partial charge is 0.191 e. The minimum atomic E-state index is 0.502. The van der Waals surface area contributed by atoms with Gasteiger partial charge in [-0.15, -0.1) is 10.2 Å². The molecule has 0 aromatic carbocycles.